The lowest BCUT2D eigenvalue weighted by Gasteiger charge is -2.35. The zero-order valence-corrected chi connectivity index (χ0v) is 14.7. The molecular weight excluding hydrogens is 316 g/mol. The van der Waals surface area contributed by atoms with Gasteiger partial charge in [-0.3, -0.25) is 14.9 Å². The van der Waals surface area contributed by atoms with E-state index in [1.54, 1.807) is 0 Å². The van der Waals surface area contributed by atoms with Crippen LogP contribution in [0.1, 0.15) is 62.0 Å². The van der Waals surface area contributed by atoms with Crippen molar-refractivity contribution in [3.05, 3.63) is 35.4 Å². The molecule has 2 aliphatic rings. The Morgan fingerprint density at radius 3 is 2.36 bits per heavy atom. The van der Waals surface area contributed by atoms with E-state index in [1.807, 2.05) is 12.1 Å². The van der Waals surface area contributed by atoms with Crippen molar-refractivity contribution in [3.8, 4) is 0 Å². The number of benzene rings is 1. The van der Waals surface area contributed by atoms with Crippen LogP contribution in [0, 0.1) is 0 Å². The molecule has 0 spiro atoms. The van der Waals surface area contributed by atoms with Crippen LogP contribution < -0.4 is 5.32 Å². The molecule has 1 aromatic carbocycles. The van der Waals surface area contributed by atoms with Gasteiger partial charge in [0.25, 0.3) is 0 Å². The lowest BCUT2D eigenvalue weighted by Crippen LogP contribution is -2.39. The Hall–Kier alpha value is -2.01. The summed E-state index contributed by atoms with van der Waals surface area (Å²) in [5.41, 5.74) is 2.31. The molecule has 1 aromatic rings. The van der Waals surface area contributed by atoms with Gasteiger partial charge in [-0.1, -0.05) is 24.3 Å². The van der Waals surface area contributed by atoms with Crippen molar-refractivity contribution in [3.63, 3.8) is 0 Å². The molecule has 2 heterocycles. The molecule has 0 saturated carbocycles. The summed E-state index contributed by atoms with van der Waals surface area (Å²) in [5.74, 6) is -0.0248. The summed E-state index contributed by atoms with van der Waals surface area (Å²) in [7, 11) is 0. The summed E-state index contributed by atoms with van der Waals surface area (Å²) >= 11 is 0. The van der Waals surface area contributed by atoms with Crippen molar-refractivity contribution < 1.29 is 14.4 Å². The maximum atomic E-state index is 12.0. The van der Waals surface area contributed by atoms with E-state index in [-0.39, 0.29) is 17.7 Å². The van der Waals surface area contributed by atoms with Gasteiger partial charge in [-0.2, -0.15) is 0 Å². The van der Waals surface area contributed by atoms with Crippen molar-refractivity contribution >= 4 is 18.1 Å². The molecule has 2 fully saturated rings. The van der Waals surface area contributed by atoms with Crippen LogP contribution in [0.3, 0.4) is 0 Å². The lowest BCUT2D eigenvalue weighted by molar-refractivity contribution is -0.134. The summed E-state index contributed by atoms with van der Waals surface area (Å²) < 4.78 is 0. The average molecular weight is 342 g/mol. The third-order valence-electron chi connectivity index (χ3n) is 5.64. The summed E-state index contributed by atoms with van der Waals surface area (Å²) in [5, 5.41) is 2.42. The first-order chi connectivity index (χ1) is 12.1. The largest absolute Gasteiger partial charge is 0.303 e. The van der Waals surface area contributed by atoms with Gasteiger partial charge in [0, 0.05) is 18.9 Å². The molecule has 3 rings (SSSR count). The number of carbonyl (C=O) groups is 3. The maximum Gasteiger partial charge on any atom is 0.234 e. The fourth-order valence-electron chi connectivity index (χ4n) is 3.97. The van der Waals surface area contributed by atoms with E-state index < -0.39 is 0 Å². The second-order valence-electron chi connectivity index (χ2n) is 7.23. The van der Waals surface area contributed by atoms with Crippen LogP contribution in [0.15, 0.2) is 24.3 Å². The van der Waals surface area contributed by atoms with Gasteiger partial charge in [0.1, 0.15) is 6.29 Å². The summed E-state index contributed by atoms with van der Waals surface area (Å²) in [4.78, 5) is 36.3. The molecule has 2 aliphatic heterocycles. The highest BCUT2D eigenvalue weighted by Gasteiger charge is 2.28. The second kappa shape index (κ2) is 7.91. The van der Waals surface area contributed by atoms with Crippen LogP contribution in [0.25, 0.3) is 0 Å². The minimum Gasteiger partial charge on any atom is -0.303 e. The van der Waals surface area contributed by atoms with Gasteiger partial charge < -0.3 is 9.69 Å². The summed E-state index contributed by atoms with van der Waals surface area (Å²) in [6, 6.07) is 8.67. The van der Waals surface area contributed by atoms with E-state index in [9.17, 15) is 14.4 Å². The minimum atomic E-state index is -0.210. The molecule has 5 nitrogen and oxygen atoms in total. The number of piperidine rings is 2. The lowest BCUT2D eigenvalue weighted by atomic mass is 9.85. The fraction of sp³-hybridized carbons (Fsp3) is 0.550. The zero-order valence-electron chi connectivity index (χ0n) is 14.7. The molecule has 2 amide bonds. The molecule has 5 heteroatoms. The molecule has 25 heavy (non-hydrogen) atoms. The predicted octanol–water partition coefficient (Wildman–Crippen LogP) is 2.36. The number of rotatable bonds is 5. The van der Waals surface area contributed by atoms with E-state index in [2.05, 4.69) is 29.3 Å². The van der Waals surface area contributed by atoms with Crippen LogP contribution >= 0.6 is 0 Å². The van der Waals surface area contributed by atoms with Gasteiger partial charge in [0.2, 0.25) is 11.8 Å². The number of nitrogens with one attached hydrogen (secondary N) is 1. The van der Waals surface area contributed by atoms with Gasteiger partial charge in [-0.05, 0) is 56.3 Å². The van der Waals surface area contributed by atoms with Crippen LogP contribution in [0.2, 0.25) is 0 Å². The van der Waals surface area contributed by atoms with Crippen molar-refractivity contribution in [1.82, 2.24) is 10.2 Å². The molecule has 2 saturated heterocycles. The van der Waals surface area contributed by atoms with E-state index in [0.29, 0.717) is 31.2 Å². The molecule has 2 atom stereocenters. The van der Waals surface area contributed by atoms with Gasteiger partial charge in [-0.25, -0.2) is 0 Å². The van der Waals surface area contributed by atoms with Crippen LogP contribution in [0.5, 0.6) is 0 Å². The highest BCUT2D eigenvalue weighted by molar-refractivity contribution is 6.00. The topological polar surface area (TPSA) is 66.5 Å². The first kappa shape index (κ1) is 17.8. The zero-order chi connectivity index (χ0) is 17.8. The Morgan fingerprint density at radius 2 is 1.76 bits per heavy atom. The van der Waals surface area contributed by atoms with Crippen LogP contribution in [0.4, 0.5) is 0 Å². The molecule has 0 radical (unpaired) electrons. The number of likely N-dealkylation sites (tertiary alicyclic amines) is 1. The third-order valence-corrected chi connectivity index (χ3v) is 5.64. The number of imide groups is 1. The Morgan fingerprint density at radius 1 is 1.12 bits per heavy atom. The molecule has 0 aliphatic carbocycles. The van der Waals surface area contributed by atoms with Crippen LogP contribution in [-0.2, 0) is 14.4 Å². The molecule has 2 unspecified atom stereocenters. The normalized spacial score (nSPS) is 24.0. The highest BCUT2D eigenvalue weighted by Crippen LogP contribution is 2.31. The third kappa shape index (κ3) is 4.15. The Bertz CT molecular complexity index is 633. The van der Waals surface area contributed by atoms with Gasteiger partial charge in [0.15, 0.2) is 0 Å². The van der Waals surface area contributed by atoms with Gasteiger partial charge >= 0.3 is 0 Å². The van der Waals surface area contributed by atoms with E-state index in [1.165, 1.54) is 5.56 Å². The Balaban J connectivity index is 1.59. The van der Waals surface area contributed by atoms with E-state index in [4.69, 9.17) is 0 Å². The second-order valence-corrected chi connectivity index (χ2v) is 7.23. The number of nitrogens with zero attached hydrogens (tertiary/aromatic N) is 1. The Labute approximate surface area is 148 Å². The van der Waals surface area contributed by atoms with Crippen molar-refractivity contribution in [2.45, 2.75) is 56.9 Å². The molecule has 134 valence electrons. The van der Waals surface area contributed by atoms with Crippen molar-refractivity contribution in [2.24, 2.45) is 0 Å². The first-order valence-electron chi connectivity index (χ1n) is 9.19. The highest BCUT2D eigenvalue weighted by atomic mass is 16.2. The van der Waals surface area contributed by atoms with Crippen molar-refractivity contribution in [1.29, 1.82) is 0 Å². The summed E-state index contributed by atoms with van der Waals surface area (Å²) in [6.07, 6.45) is 4.81. The number of carbonyl (C=O) groups excluding carboxylic acids is 3. The fourth-order valence-corrected chi connectivity index (χ4v) is 3.97. The number of hydrogen-bond donors (Lipinski definition) is 1. The smallest absolute Gasteiger partial charge is 0.234 e. The van der Waals surface area contributed by atoms with Crippen molar-refractivity contribution in [2.75, 3.05) is 13.1 Å². The average Bonchev–Trinajstić information content (AvgIpc) is 2.62. The number of amides is 2. The van der Waals surface area contributed by atoms with E-state index >= 15 is 0 Å². The SMILES string of the molecule is CC(CC=O)N1CCC(c2ccc(C3CCC(=O)NC3=O)cc2)CC1. The monoisotopic (exact) mass is 342 g/mol. The number of aldehydes is 1. The first-order valence-corrected chi connectivity index (χ1v) is 9.19. The predicted molar refractivity (Wildman–Crippen MR) is 95.3 cm³/mol. The van der Waals surface area contributed by atoms with E-state index in [0.717, 1.165) is 37.8 Å². The van der Waals surface area contributed by atoms with Gasteiger partial charge in [0.05, 0.1) is 5.92 Å². The summed E-state index contributed by atoms with van der Waals surface area (Å²) in [6.45, 7) is 4.16. The molecule has 1 N–H and O–H groups in total. The molecule has 0 bridgehead atoms. The van der Waals surface area contributed by atoms with Crippen LogP contribution in [-0.4, -0.2) is 42.1 Å². The molecular formula is C20H26N2O3. The van der Waals surface area contributed by atoms with Gasteiger partial charge in [-0.15, -0.1) is 0 Å². The standard InChI is InChI=1S/C20H26N2O3/c1-14(10-13-23)22-11-8-16(9-12-22)15-2-4-17(5-3-15)18-6-7-19(24)21-20(18)25/h2-5,13-14,16,18H,6-12H2,1H3,(H,21,24,25). The quantitative estimate of drug-likeness (QED) is 0.659. The molecule has 0 aromatic heterocycles. The minimum absolute atomic E-state index is 0.173. The maximum absolute atomic E-state index is 12.0. The Kier molecular flexibility index (Phi) is 5.63. The number of hydrogen-bond acceptors (Lipinski definition) is 4.